The molecule has 1 heterocycles. The van der Waals surface area contributed by atoms with Crippen LogP contribution in [-0.4, -0.2) is 35.8 Å². The Morgan fingerprint density at radius 1 is 1.40 bits per heavy atom. The number of H-pyrrole nitrogens is 1. The number of aryl methyl sites for hydroxylation is 1. The lowest BCUT2D eigenvalue weighted by atomic mass is 10.3. The van der Waals surface area contributed by atoms with Gasteiger partial charge in [0, 0.05) is 6.26 Å². The number of carbonyl (C=O) groups is 1. The second-order valence-electron chi connectivity index (χ2n) is 4.11. The van der Waals surface area contributed by atoms with E-state index in [1.807, 2.05) is 0 Å². The van der Waals surface area contributed by atoms with Gasteiger partial charge in [-0.3, -0.25) is 9.89 Å². The van der Waals surface area contributed by atoms with Crippen LogP contribution in [0.25, 0.3) is 0 Å². The third-order valence-electron chi connectivity index (χ3n) is 2.41. The van der Waals surface area contributed by atoms with Crippen molar-refractivity contribution in [3.63, 3.8) is 0 Å². The molecule has 2 rings (SSSR count). The number of sulfone groups is 1. The molecular weight excluding hydrogens is 287 g/mol. The number of halogens is 1. The summed E-state index contributed by atoms with van der Waals surface area (Å²) in [6, 6.07) is 3.13. The highest BCUT2D eigenvalue weighted by atomic mass is 32.2. The molecule has 2 N–H and O–H groups in total. The Bertz CT molecular complexity index is 770. The fourth-order valence-corrected chi connectivity index (χ4v) is 2.10. The Morgan fingerprint density at radius 2 is 2.10 bits per heavy atom. The quantitative estimate of drug-likeness (QED) is 0.819. The summed E-state index contributed by atoms with van der Waals surface area (Å²) in [5.41, 5.74) is -0.250. The van der Waals surface area contributed by atoms with Crippen LogP contribution in [0.5, 0.6) is 0 Å². The van der Waals surface area contributed by atoms with E-state index in [2.05, 4.69) is 20.5 Å². The van der Waals surface area contributed by atoms with Crippen LogP contribution in [0.2, 0.25) is 0 Å². The third-order valence-corrected chi connectivity index (χ3v) is 3.52. The van der Waals surface area contributed by atoms with Crippen LogP contribution in [0, 0.1) is 12.7 Å². The second-order valence-corrected chi connectivity index (χ2v) is 6.13. The SMILES string of the molecule is Cc1nc(C(=O)Nc2cc(S(C)(=O)=O)ccc2F)n[nH]1. The Labute approximate surface area is 114 Å². The van der Waals surface area contributed by atoms with E-state index in [9.17, 15) is 17.6 Å². The molecule has 0 radical (unpaired) electrons. The molecular formula is C11H11FN4O3S. The first kappa shape index (κ1) is 14.1. The second kappa shape index (κ2) is 5.00. The van der Waals surface area contributed by atoms with Crippen molar-refractivity contribution in [3.05, 3.63) is 35.7 Å². The van der Waals surface area contributed by atoms with Crippen molar-refractivity contribution in [2.75, 3.05) is 11.6 Å². The maximum absolute atomic E-state index is 13.6. The molecule has 0 aliphatic heterocycles. The molecule has 0 aliphatic carbocycles. The van der Waals surface area contributed by atoms with Gasteiger partial charge in [0.1, 0.15) is 11.6 Å². The molecule has 0 bridgehead atoms. The van der Waals surface area contributed by atoms with Gasteiger partial charge in [0.25, 0.3) is 5.91 Å². The summed E-state index contributed by atoms with van der Waals surface area (Å²) in [6.45, 7) is 1.61. The number of nitrogens with zero attached hydrogens (tertiary/aromatic N) is 2. The molecule has 0 unspecified atom stereocenters. The topological polar surface area (TPSA) is 105 Å². The molecule has 1 aromatic heterocycles. The van der Waals surface area contributed by atoms with E-state index in [1.165, 1.54) is 0 Å². The number of aromatic nitrogens is 3. The number of aromatic amines is 1. The molecule has 0 saturated heterocycles. The van der Waals surface area contributed by atoms with Crippen LogP contribution in [0.3, 0.4) is 0 Å². The van der Waals surface area contributed by atoms with Crippen LogP contribution >= 0.6 is 0 Å². The molecule has 0 spiro atoms. The van der Waals surface area contributed by atoms with Crippen molar-refractivity contribution in [1.29, 1.82) is 0 Å². The van der Waals surface area contributed by atoms with Gasteiger partial charge >= 0.3 is 0 Å². The summed E-state index contributed by atoms with van der Waals surface area (Å²) >= 11 is 0. The Kier molecular flexibility index (Phi) is 3.53. The molecule has 106 valence electrons. The Hall–Kier alpha value is -2.29. The van der Waals surface area contributed by atoms with E-state index in [1.54, 1.807) is 6.92 Å². The summed E-state index contributed by atoms with van der Waals surface area (Å²) < 4.78 is 36.4. The van der Waals surface area contributed by atoms with Gasteiger partial charge < -0.3 is 5.32 Å². The predicted octanol–water partition coefficient (Wildman–Crippen LogP) is 0.908. The van der Waals surface area contributed by atoms with Crippen LogP contribution in [-0.2, 0) is 9.84 Å². The fourth-order valence-electron chi connectivity index (χ4n) is 1.45. The molecule has 0 aliphatic rings. The van der Waals surface area contributed by atoms with Crippen molar-refractivity contribution in [2.45, 2.75) is 11.8 Å². The van der Waals surface area contributed by atoms with E-state index in [4.69, 9.17) is 0 Å². The van der Waals surface area contributed by atoms with Gasteiger partial charge in [0.2, 0.25) is 5.82 Å². The Balaban J connectivity index is 2.31. The first-order chi connectivity index (χ1) is 9.27. The average molecular weight is 298 g/mol. The number of nitrogens with one attached hydrogen (secondary N) is 2. The summed E-state index contributed by atoms with van der Waals surface area (Å²) in [6.07, 6.45) is 0.991. The summed E-state index contributed by atoms with van der Waals surface area (Å²) in [5, 5.41) is 8.33. The van der Waals surface area contributed by atoms with Gasteiger partial charge in [-0.2, -0.15) is 0 Å². The lowest BCUT2D eigenvalue weighted by Gasteiger charge is -2.06. The first-order valence-electron chi connectivity index (χ1n) is 5.47. The summed E-state index contributed by atoms with van der Waals surface area (Å²) in [4.78, 5) is 15.5. The predicted molar refractivity (Wildman–Crippen MR) is 68.6 cm³/mol. The van der Waals surface area contributed by atoms with Crippen LogP contribution in [0.1, 0.15) is 16.4 Å². The number of anilines is 1. The zero-order valence-electron chi connectivity index (χ0n) is 10.6. The van der Waals surface area contributed by atoms with Crippen molar-refractivity contribution >= 4 is 21.4 Å². The summed E-state index contributed by atoms with van der Waals surface area (Å²) in [5.74, 6) is -1.22. The highest BCUT2D eigenvalue weighted by molar-refractivity contribution is 7.90. The van der Waals surface area contributed by atoms with Gasteiger partial charge in [-0.05, 0) is 25.1 Å². The molecule has 0 fully saturated rings. The molecule has 7 nitrogen and oxygen atoms in total. The van der Waals surface area contributed by atoms with Crippen molar-refractivity contribution in [1.82, 2.24) is 15.2 Å². The van der Waals surface area contributed by atoms with E-state index in [0.717, 1.165) is 24.5 Å². The van der Waals surface area contributed by atoms with Gasteiger partial charge in [-0.25, -0.2) is 17.8 Å². The molecule has 1 amide bonds. The molecule has 9 heteroatoms. The smallest absolute Gasteiger partial charge is 0.295 e. The van der Waals surface area contributed by atoms with Crippen LogP contribution in [0.15, 0.2) is 23.1 Å². The van der Waals surface area contributed by atoms with E-state index < -0.39 is 21.6 Å². The maximum atomic E-state index is 13.6. The number of carbonyl (C=O) groups excluding carboxylic acids is 1. The van der Waals surface area contributed by atoms with Crippen molar-refractivity contribution in [2.24, 2.45) is 0 Å². The Morgan fingerprint density at radius 3 is 2.65 bits per heavy atom. The van der Waals surface area contributed by atoms with Crippen molar-refractivity contribution in [3.8, 4) is 0 Å². The normalized spacial score (nSPS) is 11.3. The standard InChI is InChI=1S/C11H11FN4O3S/c1-6-13-10(16-15-6)11(17)14-9-5-7(20(2,18)19)3-4-8(9)12/h3-5H,1-2H3,(H,14,17)(H,13,15,16). The zero-order chi connectivity index (χ0) is 14.9. The first-order valence-corrected chi connectivity index (χ1v) is 7.36. The molecule has 0 saturated carbocycles. The number of amides is 1. The molecule has 0 atom stereocenters. The lowest BCUT2D eigenvalue weighted by molar-refractivity contribution is 0.101. The monoisotopic (exact) mass is 298 g/mol. The van der Waals surface area contributed by atoms with Crippen LogP contribution < -0.4 is 5.32 Å². The van der Waals surface area contributed by atoms with Gasteiger partial charge in [0.05, 0.1) is 10.6 Å². The fraction of sp³-hybridized carbons (Fsp3) is 0.182. The number of hydrogen-bond acceptors (Lipinski definition) is 5. The molecule has 1 aromatic carbocycles. The van der Waals surface area contributed by atoms with Gasteiger partial charge in [-0.1, -0.05) is 0 Å². The maximum Gasteiger partial charge on any atom is 0.295 e. The molecule has 2 aromatic rings. The summed E-state index contributed by atoms with van der Waals surface area (Å²) in [7, 11) is -3.49. The minimum Gasteiger partial charge on any atom is -0.317 e. The third kappa shape index (κ3) is 2.99. The van der Waals surface area contributed by atoms with E-state index >= 15 is 0 Å². The number of hydrogen-bond donors (Lipinski definition) is 2. The number of benzene rings is 1. The average Bonchev–Trinajstić information content (AvgIpc) is 2.77. The largest absolute Gasteiger partial charge is 0.317 e. The zero-order valence-corrected chi connectivity index (χ0v) is 11.5. The highest BCUT2D eigenvalue weighted by Gasteiger charge is 2.16. The van der Waals surface area contributed by atoms with Crippen molar-refractivity contribution < 1.29 is 17.6 Å². The minimum atomic E-state index is -3.49. The lowest BCUT2D eigenvalue weighted by Crippen LogP contribution is -2.15. The van der Waals surface area contributed by atoms with E-state index in [0.29, 0.717) is 5.82 Å². The van der Waals surface area contributed by atoms with E-state index in [-0.39, 0.29) is 16.4 Å². The number of rotatable bonds is 3. The van der Waals surface area contributed by atoms with Gasteiger partial charge in [0.15, 0.2) is 9.84 Å². The van der Waals surface area contributed by atoms with Gasteiger partial charge in [-0.15, -0.1) is 5.10 Å². The highest BCUT2D eigenvalue weighted by Crippen LogP contribution is 2.19. The minimum absolute atomic E-state index is 0.0969. The molecule has 20 heavy (non-hydrogen) atoms. The van der Waals surface area contributed by atoms with Crippen LogP contribution in [0.4, 0.5) is 10.1 Å².